The van der Waals surface area contributed by atoms with Gasteiger partial charge in [-0.3, -0.25) is 4.55 Å². The lowest BCUT2D eigenvalue weighted by molar-refractivity contribution is -0.0962. The Labute approximate surface area is 133 Å². The lowest BCUT2D eigenvalue weighted by Crippen LogP contribution is -2.76. The molecule has 0 aromatic carbocycles. The van der Waals surface area contributed by atoms with Crippen LogP contribution in [0.4, 0.5) is 0 Å². The van der Waals surface area contributed by atoms with Gasteiger partial charge in [0.25, 0.3) is 0 Å². The third-order valence-corrected chi connectivity index (χ3v) is 5.27. The molecule has 0 aromatic heterocycles. The molecule has 0 bridgehead atoms. The maximum atomic E-state index is 11.1. The van der Waals surface area contributed by atoms with E-state index in [4.69, 9.17) is 16.0 Å². The van der Waals surface area contributed by atoms with Gasteiger partial charge in [-0.05, 0) is 13.3 Å². The summed E-state index contributed by atoms with van der Waals surface area (Å²) >= 11 is 0. The molecule has 5 atom stereocenters. The Morgan fingerprint density at radius 2 is 2.13 bits per heavy atom. The van der Waals surface area contributed by atoms with Crippen molar-refractivity contribution in [2.75, 3.05) is 6.54 Å². The lowest BCUT2D eigenvalue weighted by atomic mass is 9.79. The number of hydrogen-bond donors (Lipinski definition) is 5. The van der Waals surface area contributed by atoms with E-state index in [0.29, 0.717) is 6.42 Å². The highest BCUT2D eigenvalue weighted by atomic mass is 32.3. The molecule has 11 nitrogen and oxygen atoms in total. The van der Waals surface area contributed by atoms with Gasteiger partial charge in [-0.2, -0.15) is 8.42 Å². The maximum absolute atomic E-state index is 11.1. The standard InChI is InChI=1S/C11H20N6O5S/c1-3-5-7-11(16-8(12)15-7)10(2,18)6(22-23(19,20)21)4-17(11)9(13)14-5/h5-7,18H,3-4H2,1-2H3,(H2,13,14)(H3,12,15,16)(H,19,20,21)/t5?,6?,7?,10-,11+/m1/s1. The first-order valence-corrected chi connectivity index (χ1v) is 8.50. The summed E-state index contributed by atoms with van der Waals surface area (Å²) in [6.07, 6.45) is -0.683. The molecule has 3 aliphatic rings. The van der Waals surface area contributed by atoms with Crippen LogP contribution in [0.25, 0.3) is 0 Å². The first-order valence-electron chi connectivity index (χ1n) is 7.13. The maximum Gasteiger partial charge on any atom is 0.397 e. The van der Waals surface area contributed by atoms with Crippen molar-refractivity contribution in [1.82, 2.24) is 10.2 Å². The quantitative estimate of drug-likeness (QED) is 0.340. The van der Waals surface area contributed by atoms with Crippen molar-refractivity contribution in [3.63, 3.8) is 0 Å². The summed E-state index contributed by atoms with van der Waals surface area (Å²) in [4.78, 5) is 10.1. The molecule has 3 rings (SSSR count). The summed E-state index contributed by atoms with van der Waals surface area (Å²) in [6, 6.07) is -0.916. The Morgan fingerprint density at radius 1 is 1.48 bits per heavy atom. The summed E-state index contributed by atoms with van der Waals surface area (Å²) in [5, 5.41) is 14.0. The lowest BCUT2D eigenvalue weighted by Gasteiger charge is -2.50. The molecule has 3 unspecified atom stereocenters. The molecular formula is C11H20N6O5S. The van der Waals surface area contributed by atoms with Gasteiger partial charge in [-0.1, -0.05) is 6.92 Å². The van der Waals surface area contributed by atoms with Gasteiger partial charge >= 0.3 is 10.4 Å². The van der Waals surface area contributed by atoms with Crippen molar-refractivity contribution in [2.45, 2.75) is 49.7 Å². The summed E-state index contributed by atoms with van der Waals surface area (Å²) in [7, 11) is -4.77. The van der Waals surface area contributed by atoms with E-state index in [1.165, 1.54) is 11.8 Å². The predicted molar refractivity (Wildman–Crippen MR) is 80.7 cm³/mol. The smallest absolute Gasteiger partial charge is 0.383 e. The van der Waals surface area contributed by atoms with Gasteiger partial charge < -0.3 is 26.8 Å². The van der Waals surface area contributed by atoms with E-state index in [2.05, 4.69) is 19.5 Å². The monoisotopic (exact) mass is 348 g/mol. The molecule has 0 saturated carbocycles. The molecule has 7 N–H and O–H groups in total. The molecule has 0 amide bonds. The topological polar surface area (TPSA) is 176 Å². The minimum absolute atomic E-state index is 0.0936. The van der Waals surface area contributed by atoms with Gasteiger partial charge in [-0.15, -0.1) is 0 Å². The van der Waals surface area contributed by atoms with Gasteiger partial charge in [0.15, 0.2) is 17.6 Å². The molecule has 1 fully saturated rings. The number of guanidine groups is 2. The zero-order chi connectivity index (χ0) is 17.2. The largest absolute Gasteiger partial charge is 0.397 e. The first-order chi connectivity index (χ1) is 10.5. The molecule has 1 spiro atoms. The zero-order valence-corrected chi connectivity index (χ0v) is 13.5. The Balaban J connectivity index is 2.11. The van der Waals surface area contributed by atoms with Crippen molar-refractivity contribution in [3.05, 3.63) is 0 Å². The van der Waals surface area contributed by atoms with Crippen LogP contribution in [0.1, 0.15) is 20.3 Å². The normalized spacial score (nSPS) is 42.6. The Hall–Kier alpha value is -1.63. The number of aliphatic imine (C=N–C) groups is 2. The van der Waals surface area contributed by atoms with E-state index in [0.717, 1.165) is 0 Å². The van der Waals surface area contributed by atoms with Crippen LogP contribution in [-0.2, 0) is 14.6 Å². The third-order valence-electron chi connectivity index (χ3n) is 4.79. The molecule has 3 aliphatic heterocycles. The minimum Gasteiger partial charge on any atom is -0.383 e. The molecule has 3 heterocycles. The second kappa shape index (κ2) is 4.69. The Bertz CT molecular complexity index is 691. The SMILES string of the molecule is CCC1N=C(N)N2CC(OS(=O)(=O)O)[C@@](C)(O)[C@@]23NC(N)=NC13. The van der Waals surface area contributed by atoms with E-state index in [-0.39, 0.29) is 24.5 Å². The number of aliphatic hydroxyl groups is 1. The van der Waals surface area contributed by atoms with E-state index in [9.17, 15) is 13.5 Å². The van der Waals surface area contributed by atoms with E-state index >= 15 is 0 Å². The fraction of sp³-hybridized carbons (Fsp3) is 0.818. The fourth-order valence-corrected chi connectivity index (χ4v) is 4.28. The Morgan fingerprint density at radius 3 is 2.70 bits per heavy atom. The number of hydrogen-bond acceptors (Lipinski definition) is 10. The predicted octanol–water partition coefficient (Wildman–Crippen LogP) is -2.67. The summed E-state index contributed by atoms with van der Waals surface area (Å²) in [5.41, 5.74) is 8.73. The van der Waals surface area contributed by atoms with Crippen molar-refractivity contribution >= 4 is 22.3 Å². The summed E-state index contributed by atoms with van der Waals surface area (Å²) < 4.78 is 35.8. The average Bonchev–Trinajstić information content (AvgIpc) is 2.86. The highest BCUT2D eigenvalue weighted by molar-refractivity contribution is 7.80. The molecule has 0 radical (unpaired) electrons. The fourth-order valence-electron chi connectivity index (χ4n) is 3.74. The Kier molecular flexibility index (Phi) is 3.31. The number of rotatable bonds is 3. The molecule has 12 heteroatoms. The van der Waals surface area contributed by atoms with E-state index in [1.54, 1.807) is 0 Å². The van der Waals surface area contributed by atoms with Gasteiger partial charge in [0, 0.05) is 0 Å². The zero-order valence-electron chi connectivity index (χ0n) is 12.7. The van der Waals surface area contributed by atoms with E-state index in [1.807, 2.05) is 6.92 Å². The van der Waals surface area contributed by atoms with E-state index < -0.39 is 33.8 Å². The van der Waals surface area contributed by atoms with Crippen LogP contribution in [0.15, 0.2) is 9.98 Å². The number of nitrogens with zero attached hydrogens (tertiary/aromatic N) is 3. The number of nitrogens with two attached hydrogens (primary N) is 2. The van der Waals surface area contributed by atoms with Crippen molar-refractivity contribution < 1.29 is 22.3 Å². The molecule has 0 aliphatic carbocycles. The van der Waals surface area contributed by atoms with Crippen LogP contribution in [-0.4, -0.2) is 70.9 Å². The molecule has 130 valence electrons. The average molecular weight is 348 g/mol. The van der Waals surface area contributed by atoms with Gasteiger partial charge in [0.2, 0.25) is 0 Å². The molecule has 23 heavy (non-hydrogen) atoms. The minimum atomic E-state index is -4.77. The van der Waals surface area contributed by atoms with Crippen LogP contribution in [0.2, 0.25) is 0 Å². The first kappa shape index (κ1) is 16.2. The molecular weight excluding hydrogens is 328 g/mol. The molecule has 0 aromatic rings. The van der Waals surface area contributed by atoms with Crippen molar-refractivity contribution in [1.29, 1.82) is 0 Å². The third kappa shape index (κ3) is 2.09. The summed E-state index contributed by atoms with van der Waals surface area (Å²) in [5.74, 6) is 0.211. The number of nitrogens with one attached hydrogen (secondary N) is 1. The van der Waals surface area contributed by atoms with Gasteiger partial charge in [0.1, 0.15) is 17.7 Å². The second-order valence-corrected chi connectivity index (χ2v) is 7.13. The van der Waals surface area contributed by atoms with Gasteiger partial charge in [0.05, 0.1) is 12.6 Å². The van der Waals surface area contributed by atoms with Crippen LogP contribution in [0.5, 0.6) is 0 Å². The van der Waals surface area contributed by atoms with Crippen LogP contribution in [0, 0.1) is 0 Å². The summed E-state index contributed by atoms with van der Waals surface area (Å²) in [6.45, 7) is 3.18. The molecule has 1 saturated heterocycles. The van der Waals surface area contributed by atoms with Crippen LogP contribution >= 0.6 is 0 Å². The van der Waals surface area contributed by atoms with Crippen LogP contribution in [0.3, 0.4) is 0 Å². The highest BCUT2D eigenvalue weighted by Crippen LogP contribution is 2.47. The highest BCUT2D eigenvalue weighted by Gasteiger charge is 2.71. The second-order valence-electron chi connectivity index (χ2n) is 6.08. The van der Waals surface area contributed by atoms with Gasteiger partial charge in [-0.25, -0.2) is 14.2 Å². The van der Waals surface area contributed by atoms with Crippen LogP contribution < -0.4 is 16.8 Å². The van der Waals surface area contributed by atoms with Crippen molar-refractivity contribution in [3.8, 4) is 0 Å². The van der Waals surface area contributed by atoms with Crippen molar-refractivity contribution in [2.24, 2.45) is 21.5 Å².